The molecule has 0 saturated heterocycles. The Labute approximate surface area is 172 Å². The van der Waals surface area contributed by atoms with Crippen molar-refractivity contribution in [3.8, 4) is 0 Å². The van der Waals surface area contributed by atoms with E-state index in [1.54, 1.807) is 0 Å². The van der Waals surface area contributed by atoms with Gasteiger partial charge in [-0.2, -0.15) is 0 Å². The molecule has 0 aromatic carbocycles. The van der Waals surface area contributed by atoms with Crippen molar-refractivity contribution in [1.29, 1.82) is 0 Å². The van der Waals surface area contributed by atoms with E-state index in [-0.39, 0.29) is 0 Å². The van der Waals surface area contributed by atoms with Gasteiger partial charge in [-0.25, -0.2) is 0 Å². The molecule has 0 aliphatic heterocycles. The standard InChI is InChI=1S/C24H39BO3/c1-19-10-4-7-13-22(19)16-26-25(27-17-23-14-8-5-11-20(23)2)28-18-24-15-9-6-12-21(24)3/h4-9,19-24H,10-18H2,1-3H3/t19-,20-,21+,22-,23-,24+/m1/s1. The summed E-state index contributed by atoms with van der Waals surface area (Å²) in [5.74, 6) is 3.68. The zero-order chi connectivity index (χ0) is 19.8. The van der Waals surface area contributed by atoms with E-state index in [0.717, 1.165) is 58.3 Å². The molecule has 156 valence electrons. The van der Waals surface area contributed by atoms with E-state index in [1.807, 2.05) is 0 Å². The van der Waals surface area contributed by atoms with Crippen molar-refractivity contribution in [3.63, 3.8) is 0 Å². The molecule has 4 heteroatoms. The zero-order valence-electron chi connectivity index (χ0n) is 18.1. The van der Waals surface area contributed by atoms with Crippen molar-refractivity contribution in [2.45, 2.75) is 59.3 Å². The molecule has 0 fully saturated rings. The highest BCUT2D eigenvalue weighted by Gasteiger charge is 2.30. The second-order valence-corrected chi connectivity index (χ2v) is 9.33. The van der Waals surface area contributed by atoms with Gasteiger partial charge in [0, 0.05) is 19.8 Å². The number of hydrogen-bond donors (Lipinski definition) is 0. The van der Waals surface area contributed by atoms with Gasteiger partial charge in [-0.1, -0.05) is 57.2 Å². The molecule has 0 bridgehead atoms. The smallest absolute Gasteiger partial charge is 0.386 e. The highest BCUT2D eigenvalue weighted by atomic mass is 16.7. The molecule has 0 amide bonds. The minimum atomic E-state index is -0.533. The number of rotatable bonds is 9. The lowest BCUT2D eigenvalue weighted by Crippen LogP contribution is -2.36. The SMILES string of the molecule is C[C@@H]1CC=CC[C@@H]1COB(OC[C@H]1CC=CC[C@H]1C)OC[C@@H]1CC=CC[C@@H]1C. The second-order valence-electron chi connectivity index (χ2n) is 9.33. The van der Waals surface area contributed by atoms with Crippen molar-refractivity contribution in [1.82, 2.24) is 0 Å². The molecule has 6 atom stereocenters. The average Bonchev–Trinajstić information content (AvgIpc) is 2.71. The monoisotopic (exact) mass is 386 g/mol. The molecule has 3 aliphatic carbocycles. The summed E-state index contributed by atoms with van der Waals surface area (Å²) in [6.45, 7) is 9.12. The fraction of sp³-hybridized carbons (Fsp3) is 0.750. The van der Waals surface area contributed by atoms with Crippen molar-refractivity contribution in [2.75, 3.05) is 19.8 Å². The first-order valence-corrected chi connectivity index (χ1v) is 11.4. The van der Waals surface area contributed by atoms with Crippen LogP contribution in [0.15, 0.2) is 36.5 Å². The third-order valence-corrected chi connectivity index (χ3v) is 7.09. The molecule has 0 spiro atoms. The predicted molar refractivity (Wildman–Crippen MR) is 117 cm³/mol. The maximum atomic E-state index is 6.19. The van der Waals surface area contributed by atoms with Crippen molar-refractivity contribution in [2.24, 2.45) is 35.5 Å². The molecule has 0 N–H and O–H groups in total. The van der Waals surface area contributed by atoms with Crippen LogP contribution in [0.5, 0.6) is 0 Å². The van der Waals surface area contributed by atoms with E-state index in [2.05, 4.69) is 57.2 Å². The van der Waals surface area contributed by atoms with Crippen molar-refractivity contribution >= 4 is 7.32 Å². The van der Waals surface area contributed by atoms with Gasteiger partial charge in [-0.15, -0.1) is 0 Å². The summed E-state index contributed by atoms with van der Waals surface area (Å²) in [6.07, 6.45) is 20.5. The van der Waals surface area contributed by atoms with E-state index >= 15 is 0 Å². The van der Waals surface area contributed by atoms with Gasteiger partial charge in [0.1, 0.15) is 0 Å². The van der Waals surface area contributed by atoms with Crippen LogP contribution in [-0.4, -0.2) is 27.1 Å². The molecule has 0 heterocycles. The Morgan fingerprint density at radius 3 is 1.11 bits per heavy atom. The minimum absolute atomic E-state index is 0.533. The van der Waals surface area contributed by atoms with Gasteiger partial charge in [0.15, 0.2) is 0 Å². The fourth-order valence-electron chi connectivity index (χ4n) is 4.47. The van der Waals surface area contributed by atoms with E-state index in [9.17, 15) is 0 Å². The Hall–Kier alpha value is -0.835. The Balaban J connectivity index is 1.50. The molecule has 0 saturated carbocycles. The lowest BCUT2D eigenvalue weighted by Gasteiger charge is -2.30. The Morgan fingerprint density at radius 1 is 0.536 bits per heavy atom. The summed E-state index contributed by atoms with van der Waals surface area (Å²) < 4.78 is 18.6. The molecule has 3 aliphatic rings. The maximum Gasteiger partial charge on any atom is 0.639 e. The van der Waals surface area contributed by atoms with Crippen LogP contribution in [0.2, 0.25) is 0 Å². The maximum absolute atomic E-state index is 6.19. The van der Waals surface area contributed by atoms with E-state index in [1.165, 1.54) is 0 Å². The summed E-state index contributed by atoms with van der Waals surface area (Å²) >= 11 is 0. The quantitative estimate of drug-likeness (QED) is 0.369. The first-order valence-electron chi connectivity index (χ1n) is 11.4. The van der Waals surface area contributed by atoms with Crippen molar-refractivity contribution in [3.05, 3.63) is 36.5 Å². The minimum Gasteiger partial charge on any atom is -0.386 e. The van der Waals surface area contributed by atoms with Crippen molar-refractivity contribution < 1.29 is 14.0 Å². The van der Waals surface area contributed by atoms with Crippen LogP contribution < -0.4 is 0 Å². The molecule has 0 aromatic rings. The lowest BCUT2D eigenvalue weighted by molar-refractivity contribution is 0.0404. The van der Waals surface area contributed by atoms with Crippen LogP contribution in [0.25, 0.3) is 0 Å². The highest BCUT2D eigenvalue weighted by Crippen LogP contribution is 2.28. The van der Waals surface area contributed by atoms with Gasteiger partial charge in [-0.3, -0.25) is 0 Å². The van der Waals surface area contributed by atoms with Crippen LogP contribution in [0.1, 0.15) is 59.3 Å². The highest BCUT2D eigenvalue weighted by molar-refractivity contribution is 6.36. The summed E-state index contributed by atoms with van der Waals surface area (Å²) in [5.41, 5.74) is 0. The molecule has 0 radical (unpaired) electrons. The summed E-state index contributed by atoms with van der Waals surface area (Å²) in [6, 6.07) is 0. The van der Waals surface area contributed by atoms with E-state index < -0.39 is 7.32 Å². The van der Waals surface area contributed by atoms with Crippen LogP contribution in [-0.2, 0) is 14.0 Å². The van der Waals surface area contributed by atoms with Crippen LogP contribution in [0.3, 0.4) is 0 Å². The largest absolute Gasteiger partial charge is 0.639 e. The average molecular weight is 386 g/mol. The third kappa shape index (κ3) is 6.61. The summed E-state index contributed by atoms with van der Waals surface area (Å²) in [7, 11) is -0.533. The first-order chi connectivity index (χ1) is 13.6. The second kappa shape index (κ2) is 11.4. The van der Waals surface area contributed by atoms with Crippen LogP contribution in [0, 0.1) is 35.5 Å². The molecule has 0 aromatic heterocycles. The third-order valence-electron chi connectivity index (χ3n) is 7.09. The van der Waals surface area contributed by atoms with Gasteiger partial charge in [0.05, 0.1) is 0 Å². The molecule has 3 rings (SSSR count). The van der Waals surface area contributed by atoms with E-state index in [0.29, 0.717) is 35.5 Å². The van der Waals surface area contributed by atoms with Gasteiger partial charge in [0.2, 0.25) is 0 Å². The van der Waals surface area contributed by atoms with E-state index in [4.69, 9.17) is 14.0 Å². The molecule has 3 nitrogen and oxygen atoms in total. The predicted octanol–water partition coefficient (Wildman–Crippen LogP) is 5.83. The number of allylic oxidation sites excluding steroid dienone is 6. The first kappa shape index (κ1) is 21.9. The summed E-state index contributed by atoms with van der Waals surface area (Å²) in [4.78, 5) is 0. The molecule has 28 heavy (non-hydrogen) atoms. The van der Waals surface area contributed by atoms with Gasteiger partial charge >= 0.3 is 7.32 Å². The lowest BCUT2D eigenvalue weighted by atomic mass is 9.84. The Kier molecular flexibility index (Phi) is 8.88. The molecular weight excluding hydrogens is 347 g/mol. The topological polar surface area (TPSA) is 27.7 Å². The number of hydrogen-bond acceptors (Lipinski definition) is 3. The van der Waals surface area contributed by atoms with Gasteiger partial charge in [-0.05, 0) is 74.0 Å². The van der Waals surface area contributed by atoms with Gasteiger partial charge in [0.25, 0.3) is 0 Å². The van der Waals surface area contributed by atoms with Crippen LogP contribution >= 0.6 is 0 Å². The fourth-order valence-corrected chi connectivity index (χ4v) is 4.47. The zero-order valence-corrected chi connectivity index (χ0v) is 18.1. The molecular formula is C24H39BO3. The molecule has 0 unspecified atom stereocenters. The Morgan fingerprint density at radius 2 is 0.821 bits per heavy atom. The van der Waals surface area contributed by atoms with Crippen LogP contribution in [0.4, 0.5) is 0 Å². The summed E-state index contributed by atoms with van der Waals surface area (Å²) in [5, 5.41) is 0. The Bertz CT molecular complexity index is 468. The van der Waals surface area contributed by atoms with Gasteiger partial charge < -0.3 is 14.0 Å². The normalized spacial score (nSPS) is 35.2.